The average molecular weight is 597 g/mol. The van der Waals surface area contributed by atoms with E-state index in [1.807, 2.05) is 39.0 Å². The number of nitrogens with zero attached hydrogens (tertiary/aromatic N) is 2. The van der Waals surface area contributed by atoms with Crippen molar-refractivity contribution >= 4 is 45.9 Å². The van der Waals surface area contributed by atoms with Gasteiger partial charge in [-0.05, 0) is 84.3 Å². The van der Waals surface area contributed by atoms with Crippen LogP contribution in [0.25, 0.3) is 6.08 Å². The summed E-state index contributed by atoms with van der Waals surface area (Å²) < 4.78 is 12.4. The van der Waals surface area contributed by atoms with E-state index in [1.54, 1.807) is 30.3 Å². The minimum atomic E-state index is -0.511. The lowest BCUT2D eigenvalue weighted by Crippen LogP contribution is -2.14. The Bertz CT molecular complexity index is 1380. The number of halogens is 1. The Morgan fingerprint density at radius 1 is 1.17 bits per heavy atom. The van der Waals surface area contributed by atoms with Crippen molar-refractivity contribution in [3.8, 4) is 17.6 Å². The summed E-state index contributed by atoms with van der Waals surface area (Å²) in [5, 5.41) is 23.5. The van der Waals surface area contributed by atoms with Crippen LogP contribution in [0.1, 0.15) is 29.2 Å². The number of aryl methyl sites for hydroxylation is 2. The molecule has 0 atom stereocenters. The molecule has 0 fully saturated rings. The molecule has 3 aromatic rings. The zero-order valence-corrected chi connectivity index (χ0v) is 22.2. The van der Waals surface area contributed by atoms with E-state index in [9.17, 15) is 20.2 Å². The molecule has 0 saturated heterocycles. The molecule has 3 aromatic carbocycles. The molecule has 184 valence electrons. The lowest BCUT2D eigenvalue weighted by atomic mass is 10.1. The summed E-state index contributed by atoms with van der Waals surface area (Å²) in [6.07, 6.45) is 1.49. The molecule has 36 heavy (non-hydrogen) atoms. The first-order chi connectivity index (χ1) is 17.2. The molecule has 0 bridgehead atoms. The smallest absolute Gasteiger partial charge is 0.269 e. The highest BCUT2D eigenvalue weighted by Gasteiger charge is 2.16. The minimum absolute atomic E-state index is 0.0144. The van der Waals surface area contributed by atoms with Gasteiger partial charge < -0.3 is 14.8 Å². The quantitative estimate of drug-likeness (QED) is 0.101. The van der Waals surface area contributed by atoms with Crippen LogP contribution in [0.4, 0.5) is 11.4 Å². The van der Waals surface area contributed by atoms with Gasteiger partial charge in [-0.15, -0.1) is 0 Å². The van der Waals surface area contributed by atoms with Gasteiger partial charge in [0, 0.05) is 17.8 Å². The highest BCUT2D eigenvalue weighted by Crippen LogP contribution is 2.36. The SMILES string of the molecule is CCOc1cc(/C=C(\C#N)C(=O)Nc2ccc(C)cc2C)cc(I)c1OCc1cccc([N+](=O)[O-])c1. The molecule has 9 heteroatoms. The van der Waals surface area contributed by atoms with Gasteiger partial charge in [0.05, 0.1) is 15.1 Å². The van der Waals surface area contributed by atoms with Gasteiger partial charge in [0.15, 0.2) is 11.5 Å². The third kappa shape index (κ3) is 6.82. The second-order valence-corrected chi connectivity index (χ2v) is 9.08. The molecule has 8 nitrogen and oxygen atoms in total. The third-order valence-electron chi connectivity index (χ3n) is 5.14. The van der Waals surface area contributed by atoms with E-state index in [-0.39, 0.29) is 17.9 Å². The normalized spacial score (nSPS) is 10.9. The van der Waals surface area contributed by atoms with Gasteiger partial charge >= 0.3 is 0 Å². The van der Waals surface area contributed by atoms with E-state index >= 15 is 0 Å². The standard InChI is InChI=1S/C27H24IN3O5/c1-4-35-25-14-20(11-21(15-29)27(32)30-24-9-8-17(2)10-18(24)3)13-23(28)26(25)36-16-19-6-5-7-22(12-19)31(33)34/h5-14H,4,16H2,1-3H3,(H,30,32)/b21-11+. The molecule has 0 spiro atoms. The number of hydrogen-bond acceptors (Lipinski definition) is 6. The van der Waals surface area contributed by atoms with Crippen molar-refractivity contribution in [2.24, 2.45) is 0 Å². The predicted molar refractivity (Wildman–Crippen MR) is 146 cm³/mol. The molecule has 1 N–H and O–H groups in total. The second-order valence-electron chi connectivity index (χ2n) is 7.92. The molecule has 0 aliphatic heterocycles. The van der Waals surface area contributed by atoms with Crippen LogP contribution in [0, 0.1) is 38.9 Å². The number of nitriles is 1. The fourth-order valence-electron chi connectivity index (χ4n) is 3.45. The Kier molecular flexibility index (Phi) is 9.02. The first-order valence-electron chi connectivity index (χ1n) is 11.0. The molecule has 3 rings (SSSR count). The summed E-state index contributed by atoms with van der Waals surface area (Å²) >= 11 is 2.09. The van der Waals surface area contributed by atoms with Crippen LogP contribution in [-0.2, 0) is 11.4 Å². The minimum Gasteiger partial charge on any atom is -0.490 e. The number of nitro benzene ring substituents is 1. The van der Waals surface area contributed by atoms with Crippen LogP contribution in [-0.4, -0.2) is 17.4 Å². The van der Waals surface area contributed by atoms with E-state index in [4.69, 9.17) is 9.47 Å². The highest BCUT2D eigenvalue weighted by atomic mass is 127. The third-order valence-corrected chi connectivity index (χ3v) is 5.94. The molecule has 0 aromatic heterocycles. The lowest BCUT2D eigenvalue weighted by molar-refractivity contribution is -0.384. The van der Waals surface area contributed by atoms with Crippen LogP contribution in [0.15, 0.2) is 60.2 Å². The van der Waals surface area contributed by atoms with Crippen LogP contribution in [0.2, 0.25) is 0 Å². The Morgan fingerprint density at radius 2 is 1.94 bits per heavy atom. The van der Waals surface area contributed by atoms with Crippen molar-refractivity contribution in [1.82, 2.24) is 0 Å². The maximum atomic E-state index is 12.8. The number of benzene rings is 3. The zero-order valence-electron chi connectivity index (χ0n) is 20.0. The Morgan fingerprint density at radius 3 is 2.61 bits per heavy atom. The summed E-state index contributed by atoms with van der Waals surface area (Å²) in [4.78, 5) is 23.4. The maximum Gasteiger partial charge on any atom is 0.269 e. The van der Waals surface area contributed by atoms with E-state index in [0.717, 1.165) is 11.1 Å². The lowest BCUT2D eigenvalue weighted by Gasteiger charge is -2.15. The molecular formula is C27H24IN3O5. The van der Waals surface area contributed by atoms with Crippen LogP contribution < -0.4 is 14.8 Å². The Balaban J connectivity index is 1.85. The second kappa shape index (κ2) is 12.2. The fraction of sp³-hybridized carbons (Fsp3) is 0.185. The number of nitrogens with one attached hydrogen (secondary N) is 1. The summed E-state index contributed by atoms with van der Waals surface area (Å²) in [7, 11) is 0. The number of carbonyl (C=O) groups excluding carboxylic acids is 1. The molecule has 0 unspecified atom stereocenters. The molecule has 0 aliphatic rings. The van der Waals surface area contributed by atoms with Gasteiger partial charge in [0.25, 0.3) is 11.6 Å². The molecule has 1 amide bonds. The van der Waals surface area contributed by atoms with Crippen molar-refractivity contribution in [1.29, 1.82) is 5.26 Å². The van der Waals surface area contributed by atoms with Crippen LogP contribution in [0.3, 0.4) is 0 Å². The van der Waals surface area contributed by atoms with Crippen molar-refractivity contribution in [3.05, 3.63) is 96.1 Å². The summed E-state index contributed by atoms with van der Waals surface area (Å²) in [6, 6.07) is 17.3. The number of carbonyl (C=O) groups is 1. The monoisotopic (exact) mass is 597 g/mol. The number of ether oxygens (including phenoxy) is 2. The van der Waals surface area contributed by atoms with Gasteiger partial charge in [-0.1, -0.05) is 29.8 Å². The van der Waals surface area contributed by atoms with Gasteiger partial charge in [-0.3, -0.25) is 14.9 Å². The van der Waals surface area contributed by atoms with Crippen LogP contribution in [0.5, 0.6) is 11.5 Å². The van der Waals surface area contributed by atoms with Gasteiger partial charge in [0.1, 0.15) is 18.2 Å². The predicted octanol–water partition coefficient (Wildman–Crippen LogP) is 6.34. The number of hydrogen-bond donors (Lipinski definition) is 1. The first kappa shape index (κ1) is 26.7. The molecule has 0 saturated carbocycles. The number of rotatable bonds is 9. The zero-order chi connectivity index (χ0) is 26.2. The van der Waals surface area contributed by atoms with Crippen molar-refractivity contribution in [3.63, 3.8) is 0 Å². The Labute approximate surface area is 222 Å². The van der Waals surface area contributed by atoms with E-state index in [2.05, 4.69) is 27.9 Å². The van der Waals surface area contributed by atoms with Gasteiger partial charge in [-0.2, -0.15) is 5.26 Å². The number of amides is 1. The topological polar surface area (TPSA) is 114 Å². The van der Waals surface area contributed by atoms with Crippen molar-refractivity contribution < 1.29 is 19.2 Å². The molecule has 0 aliphatic carbocycles. The van der Waals surface area contributed by atoms with Gasteiger partial charge in [0.2, 0.25) is 0 Å². The summed E-state index contributed by atoms with van der Waals surface area (Å²) in [6.45, 7) is 6.16. The largest absolute Gasteiger partial charge is 0.490 e. The van der Waals surface area contributed by atoms with Crippen LogP contribution >= 0.6 is 22.6 Å². The van der Waals surface area contributed by atoms with Crippen molar-refractivity contribution in [2.45, 2.75) is 27.4 Å². The number of anilines is 1. The fourth-order valence-corrected chi connectivity index (χ4v) is 4.23. The molecule has 0 radical (unpaired) electrons. The number of non-ortho nitro benzene ring substituents is 1. The molecular weight excluding hydrogens is 573 g/mol. The molecule has 0 heterocycles. The average Bonchev–Trinajstić information content (AvgIpc) is 2.84. The number of nitro groups is 1. The summed E-state index contributed by atoms with van der Waals surface area (Å²) in [5.41, 5.74) is 3.78. The van der Waals surface area contributed by atoms with Gasteiger partial charge in [-0.25, -0.2) is 0 Å². The summed E-state index contributed by atoms with van der Waals surface area (Å²) in [5.74, 6) is 0.399. The van der Waals surface area contributed by atoms with Crippen molar-refractivity contribution in [2.75, 3.05) is 11.9 Å². The van der Waals surface area contributed by atoms with E-state index in [0.29, 0.717) is 38.5 Å². The first-order valence-corrected chi connectivity index (χ1v) is 12.1. The van der Waals surface area contributed by atoms with E-state index < -0.39 is 10.8 Å². The highest BCUT2D eigenvalue weighted by molar-refractivity contribution is 14.1. The Hall–Kier alpha value is -3.91. The maximum absolute atomic E-state index is 12.8. The van der Waals surface area contributed by atoms with E-state index in [1.165, 1.54) is 18.2 Å².